The van der Waals surface area contributed by atoms with E-state index in [1.165, 1.54) is 11.0 Å². The number of aryl methyl sites for hydroxylation is 1. The van der Waals surface area contributed by atoms with Gasteiger partial charge in [-0.3, -0.25) is 9.59 Å². The van der Waals surface area contributed by atoms with Gasteiger partial charge in [0.25, 0.3) is 5.91 Å². The maximum absolute atomic E-state index is 12.0. The van der Waals surface area contributed by atoms with Crippen molar-refractivity contribution in [2.45, 2.75) is 19.9 Å². The largest absolute Gasteiger partial charge is 0.355 e. The van der Waals surface area contributed by atoms with Gasteiger partial charge in [-0.05, 0) is 49.8 Å². The van der Waals surface area contributed by atoms with Gasteiger partial charge in [0, 0.05) is 28.4 Å². The van der Waals surface area contributed by atoms with Crippen LogP contribution in [-0.4, -0.2) is 18.9 Å². The predicted molar refractivity (Wildman–Crippen MR) is 94.5 cm³/mol. The Kier molecular flexibility index (Phi) is 5.71. The Balaban J connectivity index is 1.94. The highest BCUT2D eigenvalue weighted by Crippen LogP contribution is 2.22. The SMILES string of the molecule is CNC(=O)c1ccc(/C=C\C(=O)N[C@H](C)c2ccc(C)s2)cc1. The molecule has 1 heterocycles. The molecule has 0 bridgehead atoms. The van der Waals surface area contributed by atoms with Gasteiger partial charge in [0.15, 0.2) is 0 Å². The molecule has 0 fully saturated rings. The third-order valence-electron chi connectivity index (χ3n) is 3.37. The average molecular weight is 328 g/mol. The molecule has 0 saturated carbocycles. The molecule has 1 aromatic heterocycles. The van der Waals surface area contributed by atoms with Crippen molar-refractivity contribution in [3.05, 3.63) is 63.4 Å². The van der Waals surface area contributed by atoms with Gasteiger partial charge in [0.05, 0.1) is 6.04 Å². The van der Waals surface area contributed by atoms with E-state index in [9.17, 15) is 9.59 Å². The smallest absolute Gasteiger partial charge is 0.251 e. The summed E-state index contributed by atoms with van der Waals surface area (Å²) in [7, 11) is 1.59. The Hall–Kier alpha value is -2.40. The fraction of sp³-hybridized carbons (Fsp3) is 0.222. The summed E-state index contributed by atoms with van der Waals surface area (Å²) < 4.78 is 0. The molecular formula is C18H20N2O2S. The minimum Gasteiger partial charge on any atom is -0.355 e. The predicted octanol–water partition coefficient (Wildman–Crippen LogP) is 3.31. The molecule has 2 N–H and O–H groups in total. The van der Waals surface area contributed by atoms with Crippen molar-refractivity contribution < 1.29 is 9.59 Å². The number of thiophene rings is 1. The number of nitrogens with one attached hydrogen (secondary N) is 2. The minimum absolute atomic E-state index is 0.0125. The first kappa shape index (κ1) is 17.0. The van der Waals surface area contributed by atoms with Crippen molar-refractivity contribution in [2.24, 2.45) is 0 Å². The number of hydrogen-bond acceptors (Lipinski definition) is 3. The Morgan fingerprint density at radius 3 is 2.39 bits per heavy atom. The molecular weight excluding hydrogens is 308 g/mol. The Labute approximate surface area is 140 Å². The molecule has 1 aromatic carbocycles. The Bertz CT molecular complexity index is 717. The normalized spacial score (nSPS) is 12.1. The van der Waals surface area contributed by atoms with Gasteiger partial charge in [-0.2, -0.15) is 0 Å². The summed E-state index contributed by atoms with van der Waals surface area (Å²) in [5.74, 6) is -0.266. The summed E-state index contributed by atoms with van der Waals surface area (Å²) in [6.45, 7) is 4.01. The average Bonchev–Trinajstić information content (AvgIpc) is 2.99. The van der Waals surface area contributed by atoms with Crippen molar-refractivity contribution in [3.63, 3.8) is 0 Å². The van der Waals surface area contributed by atoms with Crippen LogP contribution in [0.1, 0.15) is 38.6 Å². The lowest BCUT2D eigenvalue weighted by molar-refractivity contribution is -0.117. The lowest BCUT2D eigenvalue weighted by atomic mass is 10.1. The van der Waals surface area contributed by atoms with E-state index < -0.39 is 0 Å². The van der Waals surface area contributed by atoms with Crippen LogP contribution in [0, 0.1) is 6.92 Å². The molecule has 1 atom stereocenters. The van der Waals surface area contributed by atoms with Crippen molar-refractivity contribution in [1.82, 2.24) is 10.6 Å². The highest BCUT2D eigenvalue weighted by Gasteiger charge is 2.09. The summed E-state index contributed by atoms with van der Waals surface area (Å²) in [4.78, 5) is 25.8. The monoisotopic (exact) mass is 328 g/mol. The third-order valence-corrected chi connectivity index (χ3v) is 4.56. The Morgan fingerprint density at radius 1 is 1.13 bits per heavy atom. The van der Waals surface area contributed by atoms with Crippen LogP contribution in [0.3, 0.4) is 0 Å². The lowest BCUT2D eigenvalue weighted by Gasteiger charge is -2.10. The topological polar surface area (TPSA) is 58.2 Å². The van der Waals surface area contributed by atoms with Gasteiger partial charge in [-0.15, -0.1) is 11.3 Å². The van der Waals surface area contributed by atoms with Crippen LogP contribution in [0.25, 0.3) is 6.08 Å². The van der Waals surface area contributed by atoms with Crippen molar-refractivity contribution in [3.8, 4) is 0 Å². The molecule has 4 nitrogen and oxygen atoms in total. The van der Waals surface area contributed by atoms with Crippen LogP contribution in [-0.2, 0) is 4.79 Å². The lowest BCUT2D eigenvalue weighted by Crippen LogP contribution is -2.23. The van der Waals surface area contributed by atoms with Gasteiger partial charge in [0.1, 0.15) is 0 Å². The molecule has 23 heavy (non-hydrogen) atoms. The highest BCUT2D eigenvalue weighted by atomic mass is 32.1. The van der Waals surface area contributed by atoms with E-state index in [1.807, 2.05) is 26.0 Å². The standard InChI is InChI=1S/C18H20N2O2S/c1-12-4-10-16(23-12)13(2)20-17(21)11-7-14-5-8-15(9-6-14)18(22)19-3/h4-11,13H,1-3H3,(H,19,22)(H,20,21)/b11-7-/t13-/m1/s1. The van der Waals surface area contributed by atoms with Crippen LogP contribution in [0.4, 0.5) is 0 Å². The molecule has 2 rings (SSSR count). The van der Waals surface area contributed by atoms with Gasteiger partial charge in [-0.1, -0.05) is 12.1 Å². The third kappa shape index (κ3) is 4.79. The number of hydrogen-bond donors (Lipinski definition) is 2. The second-order valence-corrected chi connectivity index (χ2v) is 6.53. The van der Waals surface area contributed by atoms with E-state index >= 15 is 0 Å². The van der Waals surface area contributed by atoms with Crippen LogP contribution in [0.15, 0.2) is 42.5 Å². The summed E-state index contributed by atoms with van der Waals surface area (Å²) in [6, 6.07) is 11.1. The molecule has 0 saturated heterocycles. The van der Waals surface area contributed by atoms with E-state index in [1.54, 1.807) is 48.7 Å². The fourth-order valence-corrected chi connectivity index (χ4v) is 2.96. The fourth-order valence-electron chi connectivity index (χ4n) is 2.08. The van der Waals surface area contributed by atoms with Gasteiger partial charge in [-0.25, -0.2) is 0 Å². The van der Waals surface area contributed by atoms with Crippen molar-refractivity contribution in [2.75, 3.05) is 7.05 Å². The molecule has 0 unspecified atom stereocenters. The second-order valence-electron chi connectivity index (χ2n) is 5.21. The van der Waals surface area contributed by atoms with Crippen LogP contribution < -0.4 is 10.6 Å². The van der Waals surface area contributed by atoms with Gasteiger partial charge in [0.2, 0.25) is 5.91 Å². The second kappa shape index (κ2) is 7.74. The molecule has 0 aliphatic heterocycles. The van der Waals surface area contributed by atoms with E-state index in [4.69, 9.17) is 0 Å². The van der Waals surface area contributed by atoms with Crippen molar-refractivity contribution in [1.29, 1.82) is 0 Å². The molecule has 0 aliphatic rings. The van der Waals surface area contributed by atoms with Gasteiger partial charge >= 0.3 is 0 Å². The van der Waals surface area contributed by atoms with E-state index in [0.29, 0.717) is 5.56 Å². The number of benzene rings is 1. The number of carbonyl (C=O) groups is 2. The van der Waals surface area contributed by atoms with Gasteiger partial charge < -0.3 is 10.6 Å². The summed E-state index contributed by atoms with van der Waals surface area (Å²) in [6.07, 6.45) is 3.24. The summed E-state index contributed by atoms with van der Waals surface area (Å²) >= 11 is 1.68. The highest BCUT2D eigenvalue weighted by molar-refractivity contribution is 7.12. The first-order valence-corrected chi connectivity index (χ1v) is 8.18. The zero-order chi connectivity index (χ0) is 16.8. The molecule has 0 aliphatic carbocycles. The zero-order valence-corrected chi connectivity index (χ0v) is 14.2. The molecule has 2 aromatic rings. The first-order valence-electron chi connectivity index (χ1n) is 7.36. The summed E-state index contributed by atoms with van der Waals surface area (Å²) in [5.41, 5.74) is 1.46. The van der Waals surface area contributed by atoms with Crippen LogP contribution in [0.5, 0.6) is 0 Å². The van der Waals surface area contributed by atoms with E-state index in [0.717, 1.165) is 10.4 Å². The van der Waals surface area contributed by atoms with Crippen molar-refractivity contribution >= 4 is 29.2 Å². The van der Waals surface area contributed by atoms with E-state index in [-0.39, 0.29) is 17.9 Å². The number of rotatable bonds is 5. The minimum atomic E-state index is -0.140. The zero-order valence-electron chi connectivity index (χ0n) is 13.4. The van der Waals surface area contributed by atoms with E-state index in [2.05, 4.69) is 10.6 Å². The maximum Gasteiger partial charge on any atom is 0.251 e. The summed E-state index contributed by atoms with van der Waals surface area (Å²) in [5, 5.41) is 5.51. The number of carbonyl (C=O) groups excluding carboxylic acids is 2. The van der Waals surface area contributed by atoms with Crippen LogP contribution in [0.2, 0.25) is 0 Å². The quantitative estimate of drug-likeness (QED) is 0.827. The molecule has 0 spiro atoms. The Morgan fingerprint density at radius 2 is 1.83 bits per heavy atom. The maximum atomic E-state index is 12.0. The molecule has 2 amide bonds. The van der Waals surface area contributed by atoms with Crippen LogP contribution >= 0.6 is 11.3 Å². The number of amides is 2. The molecule has 0 radical (unpaired) electrons. The molecule has 120 valence electrons. The first-order chi connectivity index (χ1) is 11.0. The molecule has 5 heteroatoms.